The number of ether oxygens (including phenoxy) is 2. The van der Waals surface area contributed by atoms with Gasteiger partial charge in [0.15, 0.2) is 11.5 Å². The average molecular weight is 614 g/mol. The summed E-state index contributed by atoms with van der Waals surface area (Å²) in [7, 11) is 5.87. The van der Waals surface area contributed by atoms with Crippen LogP contribution in [-0.2, 0) is 17.8 Å². The fourth-order valence-electron chi connectivity index (χ4n) is 7.13. The smallest absolute Gasteiger partial charge is 0.253 e. The summed E-state index contributed by atoms with van der Waals surface area (Å²) in [6.07, 6.45) is 7.67. The molecule has 0 spiro atoms. The van der Waals surface area contributed by atoms with Crippen LogP contribution in [0.3, 0.4) is 0 Å². The van der Waals surface area contributed by atoms with Gasteiger partial charge in [-0.05, 0) is 90.1 Å². The van der Waals surface area contributed by atoms with E-state index in [0.29, 0.717) is 18.5 Å². The normalized spacial score (nSPS) is 22.6. The van der Waals surface area contributed by atoms with Gasteiger partial charge in [-0.15, -0.1) is 0 Å². The maximum atomic E-state index is 13.8. The Morgan fingerprint density at radius 2 is 1.73 bits per heavy atom. The van der Waals surface area contributed by atoms with Crippen molar-refractivity contribution in [2.24, 2.45) is 16.9 Å². The fraction of sp³-hybridized carbons (Fsp3) is 0.528. The standard InChI is InChI=1S/C36H47N5O4/c1-36(2)23-30-28(15-16-31(44-5)33(30)45-36)32-27-9-6-7-10-29(27)35(43)41(37-32)24-25-11-13-26(14-12-25)34(42)40-21-19-39(20-22-40)18-8-17-38(3)4/h6-7,11-16,27,29H,8-10,17-24H2,1-5H3. The number of nitrogens with zero attached hydrogens (tertiary/aromatic N) is 5. The van der Waals surface area contributed by atoms with Crippen molar-refractivity contribution < 1.29 is 19.1 Å². The third-order valence-corrected chi connectivity index (χ3v) is 9.56. The summed E-state index contributed by atoms with van der Waals surface area (Å²) in [6.45, 7) is 9.99. The summed E-state index contributed by atoms with van der Waals surface area (Å²) in [5, 5.41) is 6.69. The van der Waals surface area contributed by atoms with Gasteiger partial charge in [0.2, 0.25) is 5.91 Å². The Balaban J connectivity index is 1.18. The van der Waals surface area contributed by atoms with Crippen molar-refractivity contribution in [3.63, 3.8) is 0 Å². The second-order valence-electron chi connectivity index (χ2n) is 13.7. The Kier molecular flexibility index (Phi) is 9.02. The van der Waals surface area contributed by atoms with Crippen LogP contribution in [0, 0.1) is 11.8 Å². The molecule has 9 nitrogen and oxygen atoms in total. The number of amides is 2. The molecule has 0 radical (unpaired) electrons. The summed E-state index contributed by atoms with van der Waals surface area (Å²) in [6, 6.07) is 11.7. The summed E-state index contributed by atoms with van der Waals surface area (Å²) in [5.41, 5.74) is 4.36. The number of carbonyl (C=O) groups is 2. The van der Waals surface area contributed by atoms with Gasteiger partial charge in [0.1, 0.15) is 5.60 Å². The van der Waals surface area contributed by atoms with E-state index in [2.05, 4.69) is 56.0 Å². The van der Waals surface area contributed by atoms with E-state index in [9.17, 15) is 9.59 Å². The molecular weight excluding hydrogens is 566 g/mol. The lowest BCUT2D eigenvalue weighted by Gasteiger charge is -2.37. The van der Waals surface area contributed by atoms with Crippen LogP contribution in [0.5, 0.6) is 11.5 Å². The number of methoxy groups -OCH3 is 1. The zero-order valence-corrected chi connectivity index (χ0v) is 27.4. The molecule has 3 heterocycles. The number of rotatable bonds is 9. The van der Waals surface area contributed by atoms with Gasteiger partial charge in [-0.1, -0.05) is 24.3 Å². The largest absolute Gasteiger partial charge is 0.493 e. The van der Waals surface area contributed by atoms with E-state index >= 15 is 0 Å². The fourth-order valence-corrected chi connectivity index (χ4v) is 7.13. The molecule has 2 aromatic rings. The van der Waals surface area contributed by atoms with Gasteiger partial charge in [0.25, 0.3) is 5.91 Å². The van der Waals surface area contributed by atoms with Crippen LogP contribution in [0.4, 0.5) is 0 Å². The van der Waals surface area contributed by atoms with Crippen molar-refractivity contribution >= 4 is 17.5 Å². The molecule has 1 saturated heterocycles. The van der Waals surface area contributed by atoms with E-state index in [4.69, 9.17) is 14.6 Å². The van der Waals surface area contributed by atoms with Crippen molar-refractivity contribution in [3.8, 4) is 11.5 Å². The molecule has 2 unspecified atom stereocenters. The van der Waals surface area contributed by atoms with E-state index in [1.165, 1.54) is 0 Å². The number of piperazine rings is 1. The molecule has 0 bridgehead atoms. The molecule has 2 amide bonds. The summed E-state index contributed by atoms with van der Waals surface area (Å²) < 4.78 is 12.0. The first-order chi connectivity index (χ1) is 21.6. The second-order valence-corrected chi connectivity index (χ2v) is 13.7. The number of fused-ring (bicyclic) bond motifs is 2. The van der Waals surface area contributed by atoms with Crippen LogP contribution < -0.4 is 9.47 Å². The van der Waals surface area contributed by atoms with Crippen molar-refractivity contribution in [1.82, 2.24) is 19.7 Å². The second kappa shape index (κ2) is 13.0. The highest BCUT2D eigenvalue weighted by atomic mass is 16.5. The van der Waals surface area contributed by atoms with E-state index in [0.717, 1.165) is 92.4 Å². The zero-order chi connectivity index (χ0) is 31.7. The molecule has 0 aromatic heterocycles. The highest BCUT2D eigenvalue weighted by Gasteiger charge is 2.43. The lowest BCUT2D eigenvalue weighted by atomic mass is 9.75. The maximum Gasteiger partial charge on any atom is 0.253 e. The molecule has 45 heavy (non-hydrogen) atoms. The lowest BCUT2D eigenvalue weighted by molar-refractivity contribution is -0.138. The third kappa shape index (κ3) is 6.65. The molecule has 6 rings (SSSR count). The van der Waals surface area contributed by atoms with Gasteiger partial charge in [0.05, 0.1) is 25.3 Å². The van der Waals surface area contributed by atoms with Gasteiger partial charge in [0, 0.05) is 55.2 Å². The molecule has 1 fully saturated rings. The van der Waals surface area contributed by atoms with Crippen LogP contribution in [0.15, 0.2) is 53.7 Å². The number of hydrazone groups is 1. The van der Waals surface area contributed by atoms with Crippen molar-refractivity contribution in [2.45, 2.75) is 51.7 Å². The Morgan fingerprint density at radius 1 is 1.02 bits per heavy atom. The molecule has 9 heteroatoms. The highest BCUT2D eigenvalue weighted by Crippen LogP contribution is 2.46. The van der Waals surface area contributed by atoms with Crippen LogP contribution in [0.2, 0.25) is 0 Å². The molecule has 2 atom stereocenters. The third-order valence-electron chi connectivity index (χ3n) is 9.56. The van der Waals surface area contributed by atoms with Gasteiger partial charge < -0.3 is 19.3 Å². The molecule has 3 aliphatic heterocycles. The van der Waals surface area contributed by atoms with Gasteiger partial charge in [-0.2, -0.15) is 5.10 Å². The first-order valence-corrected chi connectivity index (χ1v) is 16.3. The average Bonchev–Trinajstić information content (AvgIpc) is 3.37. The Morgan fingerprint density at radius 3 is 2.42 bits per heavy atom. The summed E-state index contributed by atoms with van der Waals surface area (Å²) >= 11 is 0. The van der Waals surface area contributed by atoms with Gasteiger partial charge in [-0.3, -0.25) is 14.5 Å². The topological polar surface area (TPSA) is 77.9 Å². The SMILES string of the molecule is COc1ccc(C2=NN(Cc3ccc(C(=O)N4CCN(CCCN(C)C)CC4)cc3)C(=O)C3CC=CCC23)c2c1OC(C)(C)C2. The van der Waals surface area contributed by atoms with Gasteiger partial charge in [-0.25, -0.2) is 5.01 Å². The van der Waals surface area contributed by atoms with E-state index in [1.807, 2.05) is 35.2 Å². The highest BCUT2D eigenvalue weighted by molar-refractivity contribution is 6.08. The minimum atomic E-state index is -0.346. The molecule has 4 aliphatic rings. The minimum Gasteiger partial charge on any atom is -0.493 e. The Hall–Kier alpha value is -3.69. The van der Waals surface area contributed by atoms with E-state index < -0.39 is 0 Å². The number of hydrogen-bond acceptors (Lipinski definition) is 7. The Labute approximate surface area is 267 Å². The molecule has 0 N–H and O–H groups in total. The minimum absolute atomic E-state index is 0.0217. The summed E-state index contributed by atoms with van der Waals surface area (Å²) in [4.78, 5) is 33.7. The lowest BCUT2D eigenvalue weighted by Crippen LogP contribution is -2.49. The molecule has 240 valence electrons. The predicted octanol–water partition coefficient (Wildman–Crippen LogP) is 4.45. The van der Waals surface area contributed by atoms with Crippen LogP contribution in [0.1, 0.15) is 60.2 Å². The number of carbonyl (C=O) groups excluding carboxylic acids is 2. The maximum absolute atomic E-state index is 13.8. The van der Waals surface area contributed by atoms with E-state index in [1.54, 1.807) is 12.1 Å². The molecule has 1 aliphatic carbocycles. The van der Waals surface area contributed by atoms with Gasteiger partial charge >= 0.3 is 0 Å². The number of allylic oxidation sites excluding steroid dienone is 2. The molecule has 0 saturated carbocycles. The van der Waals surface area contributed by atoms with Crippen molar-refractivity contribution in [3.05, 3.63) is 70.8 Å². The first-order valence-electron chi connectivity index (χ1n) is 16.3. The number of benzene rings is 2. The zero-order valence-electron chi connectivity index (χ0n) is 27.4. The van der Waals surface area contributed by atoms with Crippen LogP contribution >= 0.6 is 0 Å². The monoisotopic (exact) mass is 613 g/mol. The van der Waals surface area contributed by atoms with E-state index in [-0.39, 0.29) is 29.3 Å². The summed E-state index contributed by atoms with van der Waals surface area (Å²) in [5.74, 6) is 1.49. The van der Waals surface area contributed by atoms with Crippen molar-refractivity contribution in [1.29, 1.82) is 0 Å². The first kappa shape index (κ1) is 31.3. The van der Waals surface area contributed by atoms with Crippen LogP contribution in [-0.4, -0.2) is 103 Å². The quantitative estimate of drug-likeness (QED) is 0.389. The molecule has 2 aromatic carbocycles. The van der Waals surface area contributed by atoms with Crippen molar-refractivity contribution in [2.75, 3.05) is 60.5 Å². The predicted molar refractivity (Wildman–Crippen MR) is 176 cm³/mol. The number of hydrogen-bond donors (Lipinski definition) is 0. The molecular formula is C36H47N5O4. The van der Waals surface area contributed by atoms with Crippen LogP contribution in [0.25, 0.3) is 0 Å². The Bertz CT molecular complexity index is 1470.